The number of hydrogen-bond donors (Lipinski definition) is 0. The van der Waals surface area contributed by atoms with Crippen LogP contribution in [0.15, 0.2) is 72.8 Å². The number of hydrogen-bond acceptors (Lipinski definition) is 6. The van der Waals surface area contributed by atoms with Gasteiger partial charge in [0.05, 0.1) is 30.7 Å². The number of aryl methyl sites for hydroxylation is 1. The Labute approximate surface area is 201 Å². The van der Waals surface area contributed by atoms with Gasteiger partial charge in [0, 0.05) is 11.1 Å². The molecule has 2 fully saturated rings. The van der Waals surface area contributed by atoms with Crippen LogP contribution in [0.1, 0.15) is 37.9 Å². The Morgan fingerprint density at radius 3 is 2.03 bits per heavy atom. The minimum Gasteiger partial charge on any atom is -0.495 e. The molecule has 2 aliphatic heterocycles. The maximum atomic E-state index is 14.0. The van der Waals surface area contributed by atoms with Crippen molar-refractivity contribution < 1.29 is 28.7 Å². The third kappa shape index (κ3) is 2.70. The second kappa shape index (κ2) is 7.45. The van der Waals surface area contributed by atoms with Crippen molar-refractivity contribution in [3.05, 3.63) is 95.1 Å². The zero-order valence-corrected chi connectivity index (χ0v) is 19.1. The van der Waals surface area contributed by atoms with Gasteiger partial charge in [0.25, 0.3) is 0 Å². The summed E-state index contributed by atoms with van der Waals surface area (Å²) in [6.07, 6.45) is -0.945. The lowest BCUT2D eigenvalue weighted by molar-refractivity contribution is -0.127. The highest BCUT2D eigenvalue weighted by Crippen LogP contribution is 2.58. The van der Waals surface area contributed by atoms with Crippen LogP contribution in [0.5, 0.6) is 5.75 Å². The Morgan fingerprint density at radius 2 is 1.40 bits per heavy atom. The van der Waals surface area contributed by atoms with Gasteiger partial charge in [-0.3, -0.25) is 19.2 Å². The lowest BCUT2D eigenvalue weighted by atomic mass is 9.77. The SMILES string of the molecule is COc1ccccc1N1C(=O)[C@@H]2[C@@H](c3ccc(C)cc3)OC3(C(=O)c4ccccc4C3=O)[C@H]2C1=O. The van der Waals surface area contributed by atoms with Crippen LogP contribution in [0, 0.1) is 18.8 Å². The Hall–Kier alpha value is -4.10. The van der Waals surface area contributed by atoms with E-state index < -0.39 is 46.9 Å². The molecule has 0 aromatic heterocycles. The molecule has 0 radical (unpaired) electrons. The van der Waals surface area contributed by atoms with Crippen LogP contribution < -0.4 is 9.64 Å². The van der Waals surface area contributed by atoms with E-state index in [1.165, 1.54) is 7.11 Å². The lowest BCUT2D eigenvalue weighted by Gasteiger charge is -2.27. The van der Waals surface area contributed by atoms with Crippen LogP contribution in [0.25, 0.3) is 0 Å². The Kier molecular flexibility index (Phi) is 4.56. The second-order valence-corrected chi connectivity index (χ2v) is 9.08. The van der Waals surface area contributed by atoms with Gasteiger partial charge in [-0.1, -0.05) is 66.2 Å². The molecule has 2 saturated heterocycles. The van der Waals surface area contributed by atoms with Gasteiger partial charge < -0.3 is 9.47 Å². The predicted molar refractivity (Wildman–Crippen MR) is 125 cm³/mol. The molecule has 3 aromatic rings. The maximum Gasteiger partial charge on any atom is 0.241 e. The largest absolute Gasteiger partial charge is 0.495 e. The number of imide groups is 1. The number of carbonyl (C=O) groups is 4. The number of ketones is 2. The molecule has 7 heteroatoms. The number of nitrogens with zero attached hydrogens (tertiary/aromatic N) is 1. The minimum atomic E-state index is -2.09. The molecule has 0 unspecified atom stereocenters. The average molecular weight is 467 g/mol. The molecule has 3 atom stereocenters. The molecule has 0 N–H and O–H groups in total. The summed E-state index contributed by atoms with van der Waals surface area (Å²) in [6, 6.07) is 20.5. The molecule has 6 rings (SSSR count). The van der Waals surface area contributed by atoms with Crippen LogP contribution in [0.3, 0.4) is 0 Å². The number of rotatable bonds is 3. The van der Waals surface area contributed by atoms with Crippen LogP contribution in [0.2, 0.25) is 0 Å². The molecule has 0 bridgehead atoms. The first-order valence-electron chi connectivity index (χ1n) is 11.3. The third-order valence-corrected chi connectivity index (χ3v) is 7.25. The predicted octanol–water partition coefficient (Wildman–Crippen LogP) is 3.70. The molecule has 2 amide bonds. The van der Waals surface area contributed by atoms with Crippen LogP contribution >= 0.6 is 0 Å². The molecule has 1 spiro atoms. The zero-order valence-electron chi connectivity index (χ0n) is 19.1. The first-order chi connectivity index (χ1) is 16.9. The van der Waals surface area contributed by atoms with E-state index >= 15 is 0 Å². The second-order valence-electron chi connectivity index (χ2n) is 9.08. The standard InChI is InChI=1S/C28H21NO6/c1-15-11-13-16(14-12-15)23-21-22(27(33)29(26(21)32)19-9-5-6-10-20(19)34-2)28(35-23)24(30)17-7-3-4-8-18(17)25(28)31/h3-14,21-23H,1-2H3/t21-,22+,23+/m0/s1. The number of benzene rings is 3. The molecule has 2 heterocycles. The van der Waals surface area contributed by atoms with Gasteiger partial charge in [0.15, 0.2) is 0 Å². The van der Waals surface area contributed by atoms with Gasteiger partial charge in [-0.2, -0.15) is 0 Å². The number of carbonyl (C=O) groups excluding carboxylic acids is 4. The summed E-state index contributed by atoms with van der Waals surface area (Å²) >= 11 is 0. The molecule has 0 saturated carbocycles. The quantitative estimate of drug-likeness (QED) is 0.431. The van der Waals surface area contributed by atoms with Crippen LogP contribution in [-0.4, -0.2) is 36.1 Å². The zero-order chi connectivity index (χ0) is 24.5. The van der Waals surface area contributed by atoms with Crippen LogP contribution in [-0.2, 0) is 14.3 Å². The molecule has 7 nitrogen and oxygen atoms in total. The van der Waals surface area contributed by atoms with Crippen molar-refractivity contribution in [3.8, 4) is 5.75 Å². The molecule has 1 aliphatic carbocycles. The molecule has 3 aliphatic rings. The topological polar surface area (TPSA) is 90.0 Å². The number of Topliss-reactive ketones (excluding diaryl/α,β-unsaturated/α-hetero) is 2. The minimum absolute atomic E-state index is 0.205. The summed E-state index contributed by atoms with van der Waals surface area (Å²) in [7, 11) is 1.45. The van der Waals surface area contributed by atoms with Crippen LogP contribution in [0.4, 0.5) is 5.69 Å². The number of amides is 2. The normalized spacial score (nSPS) is 24.3. The number of para-hydroxylation sites is 2. The van der Waals surface area contributed by atoms with Crippen molar-refractivity contribution in [1.29, 1.82) is 0 Å². The fourth-order valence-electron chi connectivity index (χ4n) is 5.63. The fourth-order valence-corrected chi connectivity index (χ4v) is 5.63. The summed E-state index contributed by atoms with van der Waals surface area (Å²) in [6.45, 7) is 1.93. The van der Waals surface area contributed by atoms with Crippen molar-refractivity contribution in [2.24, 2.45) is 11.8 Å². The van der Waals surface area contributed by atoms with Gasteiger partial charge in [-0.05, 0) is 24.6 Å². The average Bonchev–Trinajstić information content (AvgIpc) is 3.44. The van der Waals surface area contributed by atoms with Gasteiger partial charge in [0.2, 0.25) is 29.0 Å². The first-order valence-corrected chi connectivity index (χ1v) is 11.3. The smallest absolute Gasteiger partial charge is 0.241 e. The molecule has 3 aromatic carbocycles. The highest BCUT2D eigenvalue weighted by Gasteiger charge is 2.74. The molecular formula is C28H21NO6. The first kappa shape index (κ1) is 21.4. The fraction of sp³-hybridized carbons (Fsp3) is 0.214. The molecular weight excluding hydrogens is 446 g/mol. The maximum absolute atomic E-state index is 14.0. The number of anilines is 1. The molecule has 174 valence electrons. The monoisotopic (exact) mass is 467 g/mol. The van der Waals surface area contributed by atoms with Gasteiger partial charge in [-0.25, -0.2) is 4.90 Å². The highest BCUT2D eigenvalue weighted by atomic mass is 16.5. The number of ether oxygens (including phenoxy) is 2. The van der Waals surface area contributed by atoms with Gasteiger partial charge in [0.1, 0.15) is 5.75 Å². The van der Waals surface area contributed by atoms with E-state index in [0.29, 0.717) is 11.3 Å². The van der Waals surface area contributed by atoms with E-state index in [2.05, 4.69) is 0 Å². The van der Waals surface area contributed by atoms with E-state index in [0.717, 1.165) is 10.5 Å². The Bertz CT molecular complexity index is 1390. The van der Waals surface area contributed by atoms with Gasteiger partial charge >= 0.3 is 0 Å². The van der Waals surface area contributed by atoms with E-state index in [1.807, 2.05) is 19.1 Å². The lowest BCUT2D eigenvalue weighted by Crippen LogP contribution is -2.51. The van der Waals surface area contributed by atoms with Crippen molar-refractivity contribution in [3.63, 3.8) is 0 Å². The number of fused-ring (bicyclic) bond motifs is 3. The van der Waals surface area contributed by atoms with E-state index in [-0.39, 0.29) is 16.8 Å². The van der Waals surface area contributed by atoms with E-state index in [9.17, 15) is 19.2 Å². The number of methoxy groups -OCH3 is 1. The van der Waals surface area contributed by atoms with Crippen molar-refractivity contribution in [2.75, 3.05) is 12.0 Å². The highest BCUT2D eigenvalue weighted by molar-refractivity contribution is 6.37. The Balaban J connectivity index is 1.55. The van der Waals surface area contributed by atoms with Crippen molar-refractivity contribution in [1.82, 2.24) is 0 Å². The van der Waals surface area contributed by atoms with Crippen molar-refractivity contribution in [2.45, 2.75) is 18.6 Å². The summed E-state index contributed by atoms with van der Waals surface area (Å²) in [5.74, 6) is -4.33. The molecule has 35 heavy (non-hydrogen) atoms. The van der Waals surface area contributed by atoms with Gasteiger partial charge in [-0.15, -0.1) is 0 Å². The Morgan fingerprint density at radius 1 is 0.800 bits per heavy atom. The summed E-state index contributed by atoms with van der Waals surface area (Å²) < 4.78 is 11.7. The summed E-state index contributed by atoms with van der Waals surface area (Å²) in [4.78, 5) is 56.4. The summed E-state index contributed by atoms with van der Waals surface area (Å²) in [5, 5.41) is 0. The summed E-state index contributed by atoms with van der Waals surface area (Å²) in [5.41, 5.74) is 0.221. The van der Waals surface area contributed by atoms with E-state index in [4.69, 9.17) is 9.47 Å². The third-order valence-electron chi connectivity index (χ3n) is 7.25. The van der Waals surface area contributed by atoms with Crippen molar-refractivity contribution >= 4 is 29.1 Å². The van der Waals surface area contributed by atoms with E-state index in [1.54, 1.807) is 60.7 Å².